The molecule has 1 heterocycles. The molecule has 1 saturated carbocycles. The molecule has 0 amide bonds. The third-order valence-electron chi connectivity index (χ3n) is 3.95. The summed E-state index contributed by atoms with van der Waals surface area (Å²) in [5.74, 6) is 0. The van der Waals surface area contributed by atoms with Crippen molar-refractivity contribution in [2.24, 2.45) is 0 Å². The Morgan fingerprint density at radius 3 is 2.73 bits per heavy atom. The van der Waals surface area contributed by atoms with E-state index < -0.39 is 0 Å². The predicted octanol–water partition coefficient (Wildman–Crippen LogP) is 0.763. The molecule has 0 bridgehead atoms. The first-order chi connectivity index (χ1) is 7.22. The Balaban J connectivity index is 1.79. The van der Waals surface area contributed by atoms with Crippen LogP contribution in [0.4, 0.5) is 0 Å². The Hall–Kier alpha value is -0.120. The second-order valence-corrected chi connectivity index (χ2v) is 5.25. The summed E-state index contributed by atoms with van der Waals surface area (Å²) in [4.78, 5) is 5.25. The first-order valence-corrected chi connectivity index (χ1v) is 6.33. The van der Waals surface area contributed by atoms with E-state index in [1.54, 1.807) is 0 Å². The van der Waals surface area contributed by atoms with Gasteiger partial charge in [0.05, 0.1) is 0 Å². The molecule has 3 nitrogen and oxygen atoms in total. The Labute approximate surface area is 93.8 Å². The quantitative estimate of drug-likeness (QED) is 0.724. The zero-order chi connectivity index (χ0) is 10.8. The van der Waals surface area contributed by atoms with Crippen molar-refractivity contribution in [1.29, 1.82) is 0 Å². The lowest BCUT2D eigenvalue weighted by molar-refractivity contribution is 0.221. The van der Waals surface area contributed by atoms with Crippen LogP contribution in [0.1, 0.15) is 26.2 Å². The summed E-state index contributed by atoms with van der Waals surface area (Å²) in [5, 5.41) is 3.22. The van der Waals surface area contributed by atoms with Crippen molar-refractivity contribution >= 4 is 0 Å². The van der Waals surface area contributed by atoms with Gasteiger partial charge in [0.1, 0.15) is 0 Å². The molecule has 1 aliphatic carbocycles. The van der Waals surface area contributed by atoms with Gasteiger partial charge < -0.3 is 10.2 Å². The van der Waals surface area contributed by atoms with E-state index in [0.29, 0.717) is 0 Å². The summed E-state index contributed by atoms with van der Waals surface area (Å²) in [6.07, 6.45) is 4.24. The molecule has 1 aliphatic heterocycles. The van der Waals surface area contributed by atoms with E-state index in [1.807, 2.05) is 7.05 Å². The van der Waals surface area contributed by atoms with Crippen LogP contribution in [0.5, 0.6) is 0 Å². The maximum Gasteiger partial charge on any atom is 0.0235 e. The Morgan fingerprint density at radius 2 is 2.13 bits per heavy atom. The van der Waals surface area contributed by atoms with Crippen LogP contribution >= 0.6 is 0 Å². The van der Waals surface area contributed by atoms with Crippen LogP contribution in [0.25, 0.3) is 0 Å². The number of rotatable bonds is 5. The standard InChI is InChI=1S/C12H25N3/c1-10-8-12(14(3)7-6-13-2)9-15(10)11-4-5-11/h10-13H,4-9H2,1-3H3. The van der Waals surface area contributed by atoms with Crippen LogP contribution in [0.2, 0.25) is 0 Å². The van der Waals surface area contributed by atoms with Gasteiger partial charge >= 0.3 is 0 Å². The lowest BCUT2D eigenvalue weighted by Crippen LogP contribution is -2.38. The van der Waals surface area contributed by atoms with Crippen LogP contribution in [0, 0.1) is 0 Å². The summed E-state index contributed by atoms with van der Waals surface area (Å²) in [7, 11) is 4.30. The molecule has 88 valence electrons. The zero-order valence-corrected chi connectivity index (χ0v) is 10.4. The minimum absolute atomic E-state index is 0.786. The van der Waals surface area contributed by atoms with Crippen molar-refractivity contribution in [3.8, 4) is 0 Å². The molecule has 1 N–H and O–H groups in total. The van der Waals surface area contributed by atoms with E-state index in [-0.39, 0.29) is 0 Å². The molecule has 0 radical (unpaired) electrons. The van der Waals surface area contributed by atoms with Crippen LogP contribution in [0.3, 0.4) is 0 Å². The molecule has 15 heavy (non-hydrogen) atoms. The number of likely N-dealkylation sites (tertiary alicyclic amines) is 1. The van der Waals surface area contributed by atoms with Crippen molar-refractivity contribution in [3.05, 3.63) is 0 Å². The molecule has 2 rings (SSSR count). The van der Waals surface area contributed by atoms with Gasteiger partial charge in [-0.1, -0.05) is 0 Å². The van der Waals surface area contributed by atoms with E-state index in [9.17, 15) is 0 Å². The van der Waals surface area contributed by atoms with Gasteiger partial charge in [-0.2, -0.15) is 0 Å². The van der Waals surface area contributed by atoms with Gasteiger partial charge in [-0.15, -0.1) is 0 Å². The minimum atomic E-state index is 0.786. The van der Waals surface area contributed by atoms with Gasteiger partial charge in [-0.05, 0) is 40.3 Å². The Morgan fingerprint density at radius 1 is 1.40 bits per heavy atom. The van der Waals surface area contributed by atoms with Gasteiger partial charge in [0.15, 0.2) is 0 Å². The van der Waals surface area contributed by atoms with Crippen LogP contribution in [-0.4, -0.2) is 61.7 Å². The lowest BCUT2D eigenvalue weighted by atomic mass is 10.2. The number of nitrogens with one attached hydrogen (secondary N) is 1. The molecule has 2 unspecified atom stereocenters. The maximum absolute atomic E-state index is 3.22. The smallest absolute Gasteiger partial charge is 0.0235 e. The van der Waals surface area contributed by atoms with Crippen LogP contribution in [0.15, 0.2) is 0 Å². The van der Waals surface area contributed by atoms with Crippen LogP contribution < -0.4 is 5.32 Å². The van der Waals surface area contributed by atoms with Crippen molar-refractivity contribution in [1.82, 2.24) is 15.1 Å². The van der Waals surface area contributed by atoms with E-state index in [0.717, 1.165) is 24.7 Å². The molecule has 3 heteroatoms. The Kier molecular flexibility index (Phi) is 3.65. The van der Waals surface area contributed by atoms with Crippen molar-refractivity contribution in [2.75, 3.05) is 33.7 Å². The minimum Gasteiger partial charge on any atom is -0.318 e. The third-order valence-corrected chi connectivity index (χ3v) is 3.95. The molecule has 2 aliphatic rings. The van der Waals surface area contributed by atoms with E-state index in [1.165, 1.54) is 32.4 Å². The van der Waals surface area contributed by atoms with Crippen LogP contribution in [-0.2, 0) is 0 Å². The number of nitrogens with zero attached hydrogens (tertiary/aromatic N) is 2. The predicted molar refractivity (Wildman–Crippen MR) is 64.2 cm³/mol. The molecular formula is C12H25N3. The van der Waals surface area contributed by atoms with Crippen molar-refractivity contribution < 1.29 is 0 Å². The highest BCUT2D eigenvalue weighted by molar-refractivity contribution is 4.96. The highest BCUT2D eigenvalue weighted by Gasteiger charge is 2.39. The summed E-state index contributed by atoms with van der Waals surface area (Å²) < 4.78 is 0. The normalized spacial score (nSPS) is 32.8. The molecule has 0 spiro atoms. The zero-order valence-electron chi connectivity index (χ0n) is 10.4. The fraction of sp³-hybridized carbons (Fsp3) is 1.00. The first-order valence-electron chi connectivity index (χ1n) is 6.33. The molecule has 1 saturated heterocycles. The average molecular weight is 211 g/mol. The van der Waals surface area contributed by atoms with Crippen molar-refractivity contribution in [3.63, 3.8) is 0 Å². The van der Waals surface area contributed by atoms with Gasteiger partial charge in [0, 0.05) is 37.8 Å². The summed E-state index contributed by atoms with van der Waals surface area (Å²) in [6, 6.07) is 2.52. The molecule has 0 aromatic carbocycles. The van der Waals surface area contributed by atoms with Gasteiger partial charge in [-0.25, -0.2) is 0 Å². The van der Waals surface area contributed by atoms with E-state index in [2.05, 4.69) is 29.1 Å². The van der Waals surface area contributed by atoms with Gasteiger partial charge in [0.2, 0.25) is 0 Å². The highest BCUT2D eigenvalue weighted by atomic mass is 15.3. The lowest BCUT2D eigenvalue weighted by Gasteiger charge is -2.24. The Bertz CT molecular complexity index is 203. The summed E-state index contributed by atoms with van der Waals surface area (Å²) in [5.41, 5.74) is 0. The highest BCUT2D eigenvalue weighted by Crippen LogP contribution is 2.34. The molecule has 2 atom stereocenters. The third kappa shape index (κ3) is 2.71. The van der Waals surface area contributed by atoms with Gasteiger partial charge in [-0.3, -0.25) is 4.90 Å². The number of likely N-dealkylation sites (N-methyl/N-ethyl adjacent to an activating group) is 2. The summed E-state index contributed by atoms with van der Waals surface area (Å²) in [6.45, 7) is 5.97. The average Bonchev–Trinajstić information content (AvgIpc) is 2.99. The second-order valence-electron chi connectivity index (χ2n) is 5.25. The first kappa shape index (κ1) is 11.4. The fourth-order valence-electron chi connectivity index (χ4n) is 2.73. The largest absolute Gasteiger partial charge is 0.318 e. The molecule has 2 fully saturated rings. The molecule has 0 aromatic heterocycles. The monoisotopic (exact) mass is 211 g/mol. The molecular weight excluding hydrogens is 186 g/mol. The fourth-order valence-corrected chi connectivity index (χ4v) is 2.73. The number of hydrogen-bond donors (Lipinski definition) is 1. The SMILES string of the molecule is CNCCN(C)C1CC(C)N(C2CC2)C1. The van der Waals surface area contributed by atoms with Crippen molar-refractivity contribution in [2.45, 2.75) is 44.3 Å². The maximum atomic E-state index is 3.22. The summed E-state index contributed by atoms with van der Waals surface area (Å²) >= 11 is 0. The second kappa shape index (κ2) is 4.81. The number of hydrogen-bond acceptors (Lipinski definition) is 3. The van der Waals surface area contributed by atoms with Gasteiger partial charge in [0.25, 0.3) is 0 Å². The topological polar surface area (TPSA) is 18.5 Å². The molecule has 0 aromatic rings. The van der Waals surface area contributed by atoms with E-state index >= 15 is 0 Å². The van der Waals surface area contributed by atoms with E-state index in [4.69, 9.17) is 0 Å².